The van der Waals surface area contributed by atoms with E-state index in [0.29, 0.717) is 13.0 Å². The molecular weight excluding hydrogens is 299 g/mol. The molecule has 1 aliphatic heterocycles. The molecule has 0 amide bonds. The van der Waals surface area contributed by atoms with Gasteiger partial charge in [-0.05, 0) is 0 Å². The summed E-state index contributed by atoms with van der Waals surface area (Å²) in [6.07, 6.45) is -0.105. The van der Waals surface area contributed by atoms with Gasteiger partial charge in [-0.1, -0.05) is 22.6 Å². The molecule has 0 bridgehead atoms. The highest BCUT2D eigenvalue weighted by Crippen LogP contribution is 2.44. The highest BCUT2D eigenvalue weighted by molar-refractivity contribution is 14.1. The molecular formula is C9H13IO4. The third-order valence-corrected chi connectivity index (χ3v) is 4.53. The van der Waals surface area contributed by atoms with Crippen LogP contribution in [0.3, 0.4) is 0 Å². The van der Waals surface area contributed by atoms with E-state index in [4.69, 9.17) is 9.47 Å². The first-order valence-electron chi connectivity index (χ1n) is 4.65. The van der Waals surface area contributed by atoms with Crippen LogP contribution in [0.2, 0.25) is 0 Å². The first-order valence-corrected chi connectivity index (χ1v) is 5.90. The van der Waals surface area contributed by atoms with E-state index < -0.39 is 6.10 Å². The molecule has 1 aliphatic carbocycles. The van der Waals surface area contributed by atoms with Crippen molar-refractivity contribution in [2.75, 3.05) is 13.7 Å². The summed E-state index contributed by atoms with van der Waals surface area (Å²) in [7, 11) is 1.61. The molecule has 2 rings (SSSR count). The van der Waals surface area contributed by atoms with Crippen LogP contribution in [0.5, 0.6) is 0 Å². The molecule has 5 atom stereocenters. The van der Waals surface area contributed by atoms with E-state index in [0.717, 1.165) is 0 Å². The minimum atomic E-state index is -0.418. The van der Waals surface area contributed by atoms with Crippen LogP contribution in [0.15, 0.2) is 0 Å². The van der Waals surface area contributed by atoms with Crippen LogP contribution in [0.25, 0.3) is 0 Å². The lowest BCUT2D eigenvalue weighted by molar-refractivity contribution is -0.141. The second-order valence-electron chi connectivity index (χ2n) is 3.88. The normalized spacial score (nSPS) is 46.5. The maximum atomic E-state index is 11.1. The number of fused-ring (bicyclic) bond motifs is 1. The van der Waals surface area contributed by atoms with Gasteiger partial charge in [0.1, 0.15) is 6.10 Å². The van der Waals surface area contributed by atoms with Crippen LogP contribution in [0.1, 0.15) is 6.42 Å². The van der Waals surface area contributed by atoms with E-state index in [1.54, 1.807) is 7.11 Å². The number of hydrogen-bond acceptors (Lipinski definition) is 4. The number of aliphatic hydroxyl groups is 1. The molecule has 1 saturated carbocycles. The number of methoxy groups -OCH3 is 1. The van der Waals surface area contributed by atoms with Crippen LogP contribution in [0, 0.1) is 11.8 Å². The molecule has 0 aromatic carbocycles. The number of esters is 1. The molecule has 1 heterocycles. The van der Waals surface area contributed by atoms with Gasteiger partial charge in [-0.25, -0.2) is 0 Å². The zero-order valence-corrected chi connectivity index (χ0v) is 10.0. The molecule has 0 unspecified atom stereocenters. The van der Waals surface area contributed by atoms with Crippen LogP contribution in [0.4, 0.5) is 0 Å². The Morgan fingerprint density at radius 3 is 3.07 bits per heavy atom. The fourth-order valence-electron chi connectivity index (χ4n) is 2.39. The lowest BCUT2D eigenvalue weighted by Crippen LogP contribution is -2.29. The summed E-state index contributed by atoms with van der Waals surface area (Å²) in [6, 6.07) is 0. The Bertz CT molecular complexity index is 245. The summed E-state index contributed by atoms with van der Waals surface area (Å²) in [5, 5.41) is 9.90. The van der Waals surface area contributed by atoms with Gasteiger partial charge in [0.15, 0.2) is 0 Å². The number of carbonyl (C=O) groups is 1. The minimum absolute atomic E-state index is 0.00389. The predicted molar refractivity (Wildman–Crippen MR) is 57.2 cm³/mol. The van der Waals surface area contributed by atoms with Crippen molar-refractivity contribution < 1.29 is 19.4 Å². The van der Waals surface area contributed by atoms with Gasteiger partial charge in [-0.2, -0.15) is 0 Å². The smallest absolute Gasteiger partial charge is 0.306 e. The zero-order valence-electron chi connectivity index (χ0n) is 7.85. The molecule has 2 fully saturated rings. The standard InChI is InChI=1S/C9H13IO4/c1-13-3-5-4-2-6(11)14-9(4)7(10)8(5)12/h4-5,7-9,12H,2-3H2,1H3/t4-,5-,7-,8-,9+/m1/s1. The fraction of sp³-hybridized carbons (Fsp3) is 0.889. The summed E-state index contributed by atoms with van der Waals surface area (Å²) < 4.78 is 10.2. The number of halogens is 1. The number of carbonyl (C=O) groups excluding carboxylic acids is 1. The number of hydrogen-bond donors (Lipinski definition) is 1. The van der Waals surface area contributed by atoms with Crippen molar-refractivity contribution in [1.82, 2.24) is 0 Å². The van der Waals surface area contributed by atoms with Crippen molar-refractivity contribution in [3.63, 3.8) is 0 Å². The Kier molecular flexibility index (Phi) is 2.99. The van der Waals surface area contributed by atoms with Crippen LogP contribution in [-0.2, 0) is 14.3 Å². The first kappa shape index (κ1) is 10.6. The molecule has 2 aliphatic rings. The third-order valence-electron chi connectivity index (χ3n) is 3.08. The van der Waals surface area contributed by atoms with Crippen molar-refractivity contribution in [3.05, 3.63) is 0 Å². The molecule has 4 nitrogen and oxygen atoms in total. The second-order valence-corrected chi connectivity index (χ2v) is 5.32. The monoisotopic (exact) mass is 312 g/mol. The van der Waals surface area contributed by atoms with Gasteiger partial charge in [0.05, 0.1) is 23.1 Å². The van der Waals surface area contributed by atoms with E-state index >= 15 is 0 Å². The molecule has 1 N–H and O–H groups in total. The predicted octanol–water partition coefficient (Wildman–Crippen LogP) is 0.359. The summed E-state index contributed by atoms with van der Waals surface area (Å²) in [6.45, 7) is 0.498. The van der Waals surface area contributed by atoms with E-state index in [-0.39, 0.29) is 27.8 Å². The van der Waals surface area contributed by atoms with Crippen LogP contribution >= 0.6 is 22.6 Å². The Morgan fingerprint density at radius 2 is 2.43 bits per heavy atom. The van der Waals surface area contributed by atoms with Crippen molar-refractivity contribution >= 4 is 28.6 Å². The first-order chi connectivity index (χ1) is 6.65. The lowest BCUT2D eigenvalue weighted by atomic mass is 9.93. The van der Waals surface area contributed by atoms with Crippen molar-refractivity contribution in [1.29, 1.82) is 0 Å². The van der Waals surface area contributed by atoms with E-state index in [1.165, 1.54) is 0 Å². The lowest BCUT2D eigenvalue weighted by Gasteiger charge is -2.18. The summed E-state index contributed by atoms with van der Waals surface area (Å²) >= 11 is 2.16. The van der Waals surface area contributed by atoms with E-state index in [2.05, 4.69) is 22.6 Å². The number of rotatable bonds is 2. The van der Waals surface area contributed by atoms with Crippen molar-refractivity contribution in [2.24, 2.45) is 11.8 Å². The average molecular weight is 312 g/mol. The topological polar surface area (TPSA) is 55.8 Å². The van der Waals surface area contributed by atoms with Gasteiger partial charge in [0, 0.05) is 18.9 Å². The summed E-state index contributed by atoms with van der Waals surface area (Å²) in [4.78, 5) is 11.1. The highest BCUT2D eigenvalue weighted by atomic mass is 127. The summed E-state index contributed by atoms with van der Waals surface area (Å²) in [5.74, 6) is 0.0346. The van der Waals surface area contributed by atoms with Gasteiger partial charge in [-0.15, -0.1) is 0 Å². The van der Waals surface area contributed by atoms with Gasteiger partial charge in [-0.3, -0.25) is 4.79 Å². The number of ether oxygens (including phenoxy) is 2. The molecule has 0 radical (unpaired) electrons. The van der Waals surface area contributed by atoms with Crippen molar-refractivity contribution in [2.45, 2.75) is 22.6 Å². The minimum Gasteiger partial charge on any atom is -0.461 e. The van der Waals surface area contributed by atoms with Gasteiger partial charge >= 0.3 is 5.97 Å². The quantitative estimate of drug-likeness (QED) is 0.454. The van der Waals surface area contributed by atoms with Gasteiger partial charge in [0.2, 0.25) is 0 Å². The van der Waals surface area contributed by atoms with Crippen LogP contribution < -0.4 is 0 Å². The average Bonchev–Trinajstić information content (AvgIpc) is 2.61. The molecule has 80 valence electrons. The zero-order chi connectivity index (χ0) is 10.3. The van der Waals surface area contributed by atoms with E-state index in [1.807, 2.05) is 0 Å². The van der Waals surface area contributed by atoms with E-state index in [9.17, 15) is 9.90 Å². The molecule has 14 heavy (non-hydrogen) atoms. The van der Waals surface area contributed by atoms with Gasteiger partial charge < -0.3 is 14.6 Å². The molecule has 0 aromatic heterocycles. The molecule has 1 saturated heterocycles. The van der Waals surface area contributed by atoms with Crippen LogP contribution in [-0.4, -0.2) is 40.9 Å². The number of aliphatic hydroxyl groups excluding tert-OH is 1. The Morgan fingerprint density at radius 1 is 1.71 bits per heavy atom. The Hall–Kier alpha value is 0.120. The molecule has 5 heteroatoms. The maximum absolute atomic E-state index is 11.1. The SMILES string of the molecule is COC[C@H]1[C@@H](O)[C@@H](I)[C@H]2OC(=O)C[C@H]12. The molecule has 0 aromatic rings. The van der Waals surface area contributed by atoms with Gasteiger partial charge in [0.25, 0.3) is 0 Å². The third kappa shape index (κ3) is 1.55. The number of alkyl halides is 1. The Balaban J connectivity index is 2.14. The fourth-order valence-corrected chi connectivity index (χ4v) is 3.60. The second kappa shape index (κ2) is 3.94. The summed E-state index contributed by atoms with van der Waals surface area (Å²) in [5.41, 5.74) is 0. The van der Waals surface area contributed by atoms with Crippen molar-refractivity contribution in [3.8, 4) is 0 Å². The highest BCUT2D eigenvalue weighted by Gasteiger charge is 2.54. The Labute approximate surface area is 96.1 Å². The maximum Gasteiger partial charge on any atom is 0.306 e. The largest absolute Gasteiger partial charge is 0.461 e. The molecule has 0 spiro atoms.